The van der Waals surface area contributed by atoms with Gasteiger partial charge in [-0.1, -0.05) is 54.2 Å². The zero-order valence-electron chi connectivity index (χ0n) is 15.4. The Bertz CT molecular complexity index is 1100. The third-order valence-corrected chi connectivity index (χ3v) is 6.23. The lowest BCUT2D eigenvalue weighted by molar-refractivity contribution is -0.116. The minimum atomic E-state index is -0.140. The zero-order chi connectivity index (χ0) is 20.1. The molecule has 0 fully saturated rings. The average Bonchev–Trinajstić information content (AvgIpc) is 3.19. The predicted molar refractivity (Wildman–Crippen MR) is 121 cm³/mol. The summed E-state index contributed by atoms with van der Waals surface area (Å²) in [5.74, 6) is -0.238. The molecule has 4 nitrogen and oxygen atoms in total. The number of rotatable bonds is 5. The van der Waals surface area contributed by atoms with Crippen molar-refractivity contribution in [3.05, 3.63) is 93.0 Å². The Balaban J connectivity index is 1.38. The Hall–Kier alpha value is -3.09. The third kappa shape index (κ3) is 5.04. The molecule has 144 valence electrons. The summed E-state index contributed by atoms with van der Waals surface area (Å²) in [6.07, 6.45) is 5.19. The van der Waals surface area contributed by atoms with Crippen LogP contribution in [0.2, 0.25) is 0 Å². The number of benzene rings is 2. The van der Waals surface area contributed by atoms with Gasteiger partial charge in [-0.15, -0.1) is 11.3 Å². The van der Waals surface area contributed by atoms with Gasteiger partial charge < -0.3 is 10.6 Å². The molecule has 4 rings (SSSR count). The van der Waals surface area contributed by atoms with Gasteiger partial charge in [-0.05, 0) is 46.9 Å². The minimum Gasteiger partial charge on any atom is -0.348 e. The molecule has 0 radical (unpaired) electrons. The van der Waals surface area contributed by atoms with Crippen molar-refractivity contribution >= 4 is 52.8 Å². The van der Waals surface area contributed by atoms with Crippen LogP contribution in [0.25, 0.3) is 12.2 Å². The van der Waals surface area contributed by atoms with Crippen molar-refractivity contribution in [2.75, 3.05) is 5.32 Å². The van der Waals surface area contributed by atoms with E-state index < -0.39 is 0 Å². The quantitative estimate of drug-likeness (QED) is 0.563. The maximum Gasteiger partial charge on any atom is 0.262 e. The molecule has 0 spiro atoms. The van der Waals surface area contributed by atoms with Crippen LogP contribution in [0.15, 0.2) is 81.9 Å². The van der Waals surface area contributed by atoms with Crippen LogP contribution < -0.4 is 10.6 Å². The Morgan fingerprint density at radius 3 is 2.72 bits per heavy atom. The van der Waals surface area contributed by atoms with Crippen molar-refractivity contribution in [2.45, 2.75) is 11.4 Å². The monoisotopic (exact) mass is 418 g/mol. The second kappa shape index (κ2) is 8.94. The first-order chi connectivity index (χ1) is 14.2. The van der Waals surface area contributed by atoms with E-state index >= 15 is 0 Å². The number of nitrogens with one attached hydrogen (secondary N) is 2. The molecule has 0 bridgehead atoms. The normalized spacial score (nSPS) is 14.6. The highest BCUT2D eigenvalue weighted by atomic mass is 32.2. The van der Waals surface area contributed by atoms with E-state index in [0.717, 1.165) is 26.6 Å². The second-order valence-electron chi connectivity index (χ2n) is 6.38. The number of hydrogen-bond donors (Lipinski definition) is 2. The summed E-state index contributed by atoms with van der Waals surface area (Å²) in [4.78, 5) is 27.0. The molecule has 0 saturated carbocycles. The molecule has 1 aliphatic rings. The fraction of sp³-hybridized carbons (Fsp3) is 0.0435. The number of carbonyl (C=O) groups excluding carboxylic acids is 2. The smallest absolute Gasteiger partial charge is 0.262 e. The van der Waals surface area contributed by atoms with Crippen LogP contribution in [0, 0.1) is 0 Å². The highest BCUT2D eigenvalue weighted by Crippen LogP contribution is 2.39. The molecule has 2 heterocycles. The number of anilines is 1. The van der Waals surface area contributed by atoms with Gasteiger partial charge in [-0.2, -0.15) is 0 Å². The van der Waals surface area contributed by atoms with Gasteiger partial charge in [0.25, 0.3) is 5.91 Å². The van der Waals surface area contributed by atoms with Crippen molar-refractivity contribution in [3.8, 4) is 0 Å². The van der Waals surface area contributed by atoms with Crippen LogP contribution in [0.3, 0.4) is 0 Å². The number of fused-ring (bicyclic) bond motifs is 1. The maximum absolute atomic E-state index is 12.3. The fourth-order valence-corrected chi connectivity index (χ4v) is 4.60. The van der Waals surface area contributed by atoms with Gasteiger partial charge in [0.15, 0.2) is 0 Å². The first kappa shape index (κ1) is 19.2. The zero-order valence-corrected chi connectivity index (χ0v) is 17.1. The summed E-state index contributed by atoms with van der Waals surface area (Å²) >= 11 is 3.00. The SMILES string of the molecule is O=C(/C=C/c1csc(/C=C2/Sc3ccccc3NC2=O)c1)NCc1ccccc1. The molecule has 1 aromatic heterocycles. The summed E-state index contributed by atoms with van der Waals surface area (Å²) in [5.41, 5.74) is 2.83. The van der Waals surface area contributed by atoms with Crippen LogP contribution >= 0.6 is 23.1 Å². The highest BCUT2D eigenvalue weighted by molar-refractivity contribution is 8.04. The largest absolute Gasteiger partial charge is 0.348 e. The molecule has 0 aliphatic carbocycles. The van der Waals surface area contributed by atoms with Gasteiger partial charge >= 0.3 is 0 Å². The van der Waals surface area contributed by atoms with E-state index in [-0.39, 0.29) is 11.8 Å². The summed E-state index contributed by atoms with van der Waals surface area (Å²) in [7, 11) is 0. The highest BCUT2D eigenvalue weighted by Gasteiger charge is 2.20. The molecule has 0 atom stereocenters. The van der Waals surface area contributed by atoms with Gasteiger partial charge in [-0.25, -0.2) is 0 Å². The predicted octanol–water partition coefficient (Wildman–Crippen LogP) is 5.16. The van der Waals surface area contributed by atoms with Gasteiger partial charge in [0.2, 0.25) is 5.91 Å². The minimum absolute atomic E-state index is 0.0977. The average molecular weight is 419 g/mol. The van der Waals surface area contributed by atoms with E-state index in [2.05, 4.69) is 10.6 Å². The number of carbonyl (C=O) groups is 2. The summed E-state index contributed by atoms with van der Waals surface area (Å²) in [6.45, 7) is 0.499. The molecule has 29 heavy (non-hydrogen) atoms. The van der Waals surface area contributed by atoms with Crippen molar-refractivity contribution in [1.29, 1.82) is 0 Å². The third-order valence-electron chi connectivity index (χ3n) is 4.23. The summed E-state index contributed by atoms with van der Waals surface area (Å²) < 4.78 is 0. The number of thiophene rings is 1. The molecule has 0 saturated heterocycles. The van der Waals surface area contributed by atoms with Gasteiger partial charge in [0, 0.05) is 22.4 Å². The number of hydrogen-bond acceptors (Lipinski definition) is 4. The Morgan fingerprint density at radius 2 is 1.86 bits per heavy atom. The molecule has 2 N–H and O–H groups in total. The lowest BCUT2D eigenvalue weighted by Gasteiger charge is -2.17. The van der Waals surface area contributed by atoms with Gasteiger partial charge in [0.1, 0.15) is 0 Å². The van der Waals surface area contributed by atoms with Crippen LogP contribution in [0.1, 0.15) is 16.0 Å². The Morgan fingerprint density at radius 1 is 1.07 bits per heavy atom. The first-order valence-corrected chi connectivity index (χ1v) is 10.8. The molecule has 2 amide bonds. The van der Waals surface area contributed by atoms with E-state index in [1.165, 1.54) is 29.2 Å². The van der Waals surface area contributed by atoms with E-state index in [4.69, 9.17) is 0 Å². The molecule has 0 unspecified atom stereocenters. The molecule has 1 aliphatic heterocycles. The van der Waals surface area contributed by atoms with E-state index in [1.807, 2.05) is 72.1 Å². The number of para-hydroxylation sites is 1. The van der Waals surface area contributed by atoms with E-state index in [9.17, 15) is 9.59 Å². The van der Waals surface area contributed by atoms with Crippen molar-refractivity contribution in [2.24, 2.45) is 0 Å². The van der Waals surface area contributed by atoms with Crippen molar-refractivity contribution in [1.82, 2.24) is 5.32 Å². The molecule has 2 aromatic carbocycles. The topological polar surface area (TPSA) is 58.2 Å². The van der Waals surface area contributed by atoms with Crippen LogP contribution in [-0.2, 0) is 16.1 Å². The van der Waals surface area contributed by atoms with Crippen molar-refractivity contribution < 1.29 is 9.59 Å². The molecular weight excluding hydrogens is 400 g/mol. The van der Waals surface area contributed by atoms with Crippen LogP contribution in [0.4, 0.5) is 5.69 Å². The van der Waals surface area contributed by atoms with E-state index in [0.29, 0.717) is 11.4 Å². The Kier molecular flexibility index (Phi) is 5.93. The van der Waals surface area contributed by atoms with Gasteiger partial charge in [-0.3, -0.25) is 9.59 Å². The Labute approximate surface area is 177 Å². The molecule has 3 aromatic rings. The second-order valence-corrected chi connectivity index (χ2v) is 8.41. The van der Waals surface area contributed by atoms with Crippen LogP contribution in [0.5, 0.6) is 0 Å². The fourth-order valence-electron chi connectivity index (χ4n) is 2.78. The lowest BCUT2D eigenvalue weighted by atomic mass is 10.2. The lowest BCUT2D eigenvalue weighted by Crippen LogP contribution is -2.20. The standard InChI is InChI=1S/C23H18N2O2S2/c26-22(24-14-16-6-2-1-3-7-16)11-10-17-12-18(28-15-17)13-21-23(27)25-19-8-4-5-9-20(19)29-21/h1-13,15H,14H2,(H,24,26)(H,25,27)/b11-10+,21-13+. The first-order valence-electron chi connectivity index (χ1n) is 9.06. The van der Waals surface area contributed by atoms with Crippen LogP contribution in [-0.4, -0.2) is 11.8 Å². The summed E-state index contributed by atoms with van der Waals surface area (Å²) in [5, 5.41) is 7.75. The number of amides is 2. The van der Waals surface area contributed by atoms with Crippen molar-refractivity contribution in [3.63, 3.8) is 0 Å². The summed E-state index contributed by atoms with van der Waals surface area (Å²) in [6, 6.07) is 19.5. The molecule has 6 heteroatoms. The number of thioether (sulfide) groups is 1. The maximum atomic E-state index is 12.3. The molecular formula is C23H18N2O2S2. The van der Waals surface area contributed by atoms with E-state index in [1.54, 1.807) is 6.08 Å². The van der Waals surface area contributed by atoms with Gasteiger partial charge in [0.05, 0.1) is 10.6 Å².